The van der Waals surface area contributed by atoms with Gasteiger partial charge in [0.05, 0.1) is 13.2 Å². The van der Waals surface area contributed by atoms with Crippen LogP contribution < -0.4 is 5.32 Å². The largest absolute Gasteiger partial charge is 0.421 e. The fraction of sp³-hybridized carbons (Fsp3) is 0.500. The smallest absolute Gasteiger partial charge is 0.251 e. The van der Waals surface area contributed by atoms with Crippen molar-refractivity contribution >= 4 is 5.91 Å². The molecule has 7 nitrogen and oxygen atoms in total. The first-order valence-electron chi connectivity index (χ1n) is 8.60. The van der Waals surface area contributed by atoms with Crippen molar-refractivity contribution in [1.29, 1.82) is 0 Å². The van der Waals surface area contributed by atoms with Gasteiger partial charge in [-0.05, 0) is 24.1 Å². The second-order valence-corrected chi connectivity index (χ2v) is 6.44. The molecule has 3 rings (SSSR count). The standard InChI is InChI=1S/C18H24N4O3/c1-13(12-22-6-8-24-9-7-22)11-19-17(23)15-4-3-5-16(10-15)18-21-20-14(2)25-18/h3-5,10,13H,6-9,11-12H2,1-2H3,(H,19,23)/t13-/m0/s1. The molecule has 2 aromatic rings. The van der Waals surface area contributed by atoms with Crippen LogP contribution in [0, 0.1) is 12.8 Å². The monoisotopic (exact) mass is 344 g/mol. The van der Waals surface area contributed by atoms with Gasteiger partial charge in [0, 0.05) is 44.2 Å². The van der Waals surface area contributed by atoms with E-state index in [1.165, 1.54) is 0 Å². The first-order chi connectivity index (χ1) is 12.1. The van der Waals surface area contributed by atoms with Gasteiger partial charge in [-0.15, -0.1) is 10.2 Å². The van der Waals surface area contributed by atoms with Crippen molar-refractivity contribution in [3.63, 3.8) is 0 Å². The van der Waals surface area contributed by atoms with Gasteiger partial charge in [0.2, 0.25) is 11.8 Å². The number of hydrogen-bond donors (Lipinski definition) is 1. The van der Waals surface area contributed by atoms with Crippen LogP contribution in [-0.2, 0) is 4.74 Å². The molecule has 0 bridgehead atoms. The highest BCUT2D eigenvalue weighted by Gasteiger charge is 2.15. The molecular weight excluding hydrogens is 320 g/mol. The number of nitrogens with one attached hydrogen (secondary N) is 1. The molecule has 7 heteroatoms. The molecule has 1 fully saturated rings. The third-order valence-electron chi connectivity index (χ3n) is 4.18. The number of aromatic nitrogens is 2. The van der Waals surface area contributed by atoms with Crippen molar-refractivity contribution in [2.75, 3.05) is 39.4 Å². The first-order valence-corrected chi connectivity index (χ1v) is 8.60. The Balaban J connectivity index is 1.54. The number of morpholine rings is 1. The van der Waals surface area contributed by atoms with Crippen molar-refractivity contribution in [1.82, 2.24) is 20.4 Å². The maximum absolute atomic E-state index is 12.4. The molecule has 1 N–H and O–H groups in total. The van der Waals surface area contributed by atoms with E-state index in [4.69, 9.17) is 9.15 Å². The lowest BCUT2D eigenvalue weighted by Gasteiger charge is -2.29. The maximum Gasteiger partial charge on any atom is 0.251 e. The van der Waals surface area contributed by atoms with Gasteiger partial charge in [0.25, 0.3) is 5.91 Å². The van der Waals surface area contributed by atoms with E-state index in [1.54, 1.807) is 19.1 Å². The molecule has 1 aromatic carbocycles. The molecule has 0 radical (unpaired) electrons. The normalized spacial score (nSPS) is 16.6. The van der Waals surface area contributed by atoms with Crippen molar-refractivity contribution in [3.05, 3.63) is 35.7 Å². The number of amides is 1. The summed E-state index contributed by atoms with van der Waals surface area (Å²) in [6.45, 7) is 9.00. The third kappa shape index (κ3) is 4.87. The second-order valence-electron chi connectivity index (χ2n) is 6.44. The summed E-state index contributed by atoms with van der Waals surface area (Å²) in [7, 11) is 0. The first kappa shape index (κ1) is 17.6. The summed E-state index contributed by atoms with van der Waals surface area (Å²) in [6, 6.07) is 7.23. The number of carbonyl (C=O) groups excluding carboxylic acids is 1. The van der Waals surface area contributed by atoms with E-state index in [-0.39, 0.29) is 5.91 Å². The Labute approximate surface area is 147 Å². The summed E-state index contributed by atoms with van der Waals surface area (Å²) in [5, 5.41) is 10.8. The minimum atomic E-state index is -0.0908. The molecule has 0 saturated carbocycles. The molecule has 0 spiro atoms. The fourth-order valence-electron chi connectivity index (χ4n) is 2.86. The van der Waals surface area contributed by atoms with Crippen LogP contribution in [0.4, 0.5) is 0 Å². The van der Waals surface area contributed by atoms with Gasteiger partial charge in [-0.25, -0.2) is 0 Å². The van der Waals surface area contributed by atoms with Gasteiger partial charge in [-0.1, -0.05) is 13.0 Å². The van der Waals surface area contributed by atoms with E-state index in [9.17, 15) is 4.79 Å². The Hall–Kier alpha value is -2.25. The SMILES string of the molecule is Cc1nnc(-c2cccc(C(=O)NC[C@H](C)CN3CCOCC3)c2)o1. The Morgan fingerprint density at radius 1 is 1.32 bits per heavy atom. The zero-order valence-electron chi connectivity index (χ0n) is 14.7. The van der Waals surface area contributed by atoms with E-state index in [0.29, 0.717) is 29.8 Å². The summed E-state index contributed by atoms with van der Waals surface area (Å²) >= 11 is 0. The van der Waals surface area contributed by atoms with E-state index in [1.807, 2.05) is 12.1 Å². The average Bonchev–Trinajstić information content (AvgIpc) is 3.07. The molecule has 1 atom stereocenters. The highest BCUT2D eigenvalue weighted by molar-refractivity contribution is 5.95. The lowest BCUT2D eigenvalue weighted by Crippen LogP contribution is -2.41. The summed E-state index contributed by atoms with van der Waals surface area (Å²) in [4.78, 5) is 14.8. The predicted molar refractivity (Wildman–Crippen MR) is 93.2 cm³/mol. The molecule has 1 aliphatic heterocycles. The third-order valence-corrected chi connectivity index (χ3v) is 4.18. The summed E-state index contributed by atoms with van der Waals surface area (Å²) in [6.07, 6.45) is 0. The Morgan fingerprint density at radius 3 is 2.84 bits per heavy atom. The quantitative estimate of drug-likeness (QED) is 0.860. The number of rotatable bonds is 6. The van der Waals surface area contributed by atoms with Crippen LogP contribution in [0.3, 0.4) is 0 Å². The highest BCUT2D eigenvalue weighted by Crippen LogP contribution is 2.18. The molecule has 1 amide bonds. The molecule has 2 heterocycles. The summed E-state index contributed by atoms with van der Waals surface area (Å²) in [5.74, 6) is 1.21. The number of ether oxygens (including phenoxy) is 1. The highest BCUT2D eigenvalue weighted by atomic mass is 16.5. The predicted octanol–water partition coefficient (Wildman–Crippen LogP) is 1.74. The topological polar surface area (TPSA) is 80.5 Å². The van der Waals surface area contributed by atoms with E-state index in [0.717, 1.165) is 38.4 Å². The Kier molecular flexibility index (Phi) is 5.78. The molecule has 0 aliphatic carbocycles. The van der Waals surface area contributed by atoms with Crippen molar-refractivity contribution in [2.45, 2.75) is 13.8 Å². The zero-order chi connectivity index (χ0) is 17.6. The number of nitrogens with zero attached hydrogens (tertiary/aromatic N) is 3. The maximum atomic E-state index is 12.4. The number of benzene rings is 1. The summed E-state index contributed by atoms with van der Waals surface area (Å²) < 4.78 is 10.8. The van der Waals surface area contributed by atoms with E-state index in [2.05, 4.69) is 27.3 Å². The van der Waals surface area contributed by atoms with Crippen LogP contribution >= 0.6 is 0 Å². The molecule has 0 unspecified atom stereocenters. The van der Waals surface area contributed by atoms with Crippen LogP contribution in [0.1, 0.15) is 23.2 Å². The van der Waals surface area contributed by atoms with Gasteiger partial charge < -0.3 is 14.5 Å². The van der Waals surface area contributed by atoms with Crippen molar-refractivity contribution in [3.8, 4) is 11.5 Å². The molecular formula is C18H24N4O3. The average molecular weight is 344 g/mol. The van der Waals surface area contributed by atoms with E-state index >= 15 is 0 Å². The number of aryl methyl sites for hydroxylation is 1. The van der Waals surface area contributed by atoms with Crippen LogP contribution in [0.5, 0.6) is 0 Å². The zero-order valence-corrected chi connectivity index (χ0v) is 14.7. The second kappa shape index (κ2) is 8.22. The van der Waals surface area contributed by atoms with Crippen LogP contribution in [0.2, 0.25) is 0 Å². The van der Waals surface area contributed by atoms with Gasteiger partial charge in [-0.3, -0.25) is 9.69 Å². The van der Waals surface area contributed by atoms with E-state index < -0.39 is 0 Å². The minimum absolute atomic E-state index is 0.0908. The molecule has 134 valence electrons. The summed E-state index contributed by atoms with van der Waals surface area (Å²) in [5.41, 5.74) is 1.33. The Bertz CT molecular complexity index is 710. The van der Waals surface area contributed by atoms with Crippen molar-refractivity contribution < 1.29 is 13.9 Å². The van der Waals surface area contributed by atoms with Gasteiger partial charge in [0.15, 0.2) is 0 Å². The molecule has 1 aliphatic rings. The van der Waals surface area contributed by atoms with Gasteiger partial charge in [0.1, 0.15) is 0 Å². The molecule has 1 aromatic heterocycles. The minimum Gasteiger partial charge on any atom is -0.421 e. The van der Waals surface area contributed by atoms with Crippen molar-refractivity contribution in [2.24, 2.45) is 5.92 Å². The van der Waals surface area contributed by atoms with Crippen LogP contribution in [0.25, 0.3) is 11.5 Å². The van der Waals surface area contributed by atoms with Crippen LogP contribution in [-0.4, -0.2) is 60.4 Å². The fourth-order valence-corrected chi connectivity index (χ4v) is 2.86. The molecule has 1 saturated heterocycles. The Morgan fingerprint density at radius 2 is 2.12 bits per heavy atom. The van der Waals surface area contributed by atoms with Crippen LogP contribution in [0.15, 0.2) is 28.7 Å². The van der Waals surface area contributed by atoms with Gasteiger partial charge in [-0.2, -0.15) is 0 Å². The number of hydrogen-bond acceptors (Lipinski definition) is 6. The lowest BCUT2D eigenvalue weighted by molar-refractivity contribution is 0.0317. The number of carbonyl (C=O) groups is 1. The molecule has 25 heavy (non-hydrogen) atoms. The van der Waals surface area contributed by atoms with Gasteiger partial charge >= 0.3 is 0 Å². The lowest BCUT2D eigenvalue weighted by atomic mass is 10.1.